The summed E-state index contributed by atoms with van der Waals surface area (Å²) in [6, 6.07) is 0. The third-order valence-corrected chi connectivity index (χ3v) is 0.333. The zero-order valence-corrected chi connectivity index (χ0v) is 5.86. The Morgan fingerprint density at radius 2 is 1.14 bits per heavy atom. The summed E-state index contributed by atoms with van der Waals surface area (Å²) in [5, 5.41) is 0. The maximum absolute atomic E-state index is 2.12. The van der Waals surface area contributed by atoms with E-state index in [1.807, 2.05) is 26.0 Å². The van der Waals surface area contributed by atoms with Crippen LogP contribution in [0.15, 0.2) is 12.2 Å². The van der Waals surface area contributed by atoms with Gasteiger partial charge in [-0.15, -0.1) is 0 Å². The van der Waals surface area contributed by atoms with Gasteiger partial charge in [0.05, 0.1) is 0 Å². The molecule has 0 rings (SSSR count). The Morgan fingerprint density at radius 3 is 1.14 bits per heavy atom. The Balaban J connectivity index is 0. The Hall–Kier alpha value is -0.260. The van der Waals surface area contributed by atoms with Gasteiger partial charge in [0, 0.05) is 0 Å². The standard InChI is InChI=1S/C4H8.C3H8/c1-3-4-2;1-3-2/h3-4H,1-2H3;3H2,1-2H3. The molecule has 0 aromatic rings. The molecule has 0 amide bonds. The second kappa shape index (κ2) is 17.2. The van der Waals surface area contributed by atoms with E-state index in [0.717, 1.165) is 0 Å². The van der Waals surface area contributed by atoms with E-state index in [-0.39, 0.29) is 0 Å². The van der Waals surface area contributed by atoms with Crippen LogP contribution < -0.4 is 0 Å². The van der Waals surface area contributed by atoms with Gasteiger partial charge in [-0.2, -0.15) is 0 Å². The van der Waals surface area contributed by atoms with Gasteiger partial charge in [0.2, 0.25) is 0 Å². The molecule has 7 heavy (non-hydrogen) atoms. The summed E-state index contributed by atoms with van der Waals surface area (Å²) in [4.78, 5) is 0. The van der Waals surface area contributed by atoms with Crippen LogP contribution in [0.5, 0.6) is 0 Å². The Bertz CT molecular complexity index is 23.0. The molecular formula is C7H16. The van der Waals surface area contributed by atoms with E-state index in [0.29, 0.717) is 0 Å². The molecule has 0 saturated carbocycles. The molecule has 0 aromatic heterocycles. The Kier molecular flexibility index (Phi) is 24.3. The zero-order chi connectivity index (χ0) is 6.12. The average Bonchev–Trinajstić information content (AvgIpc) is 1.69. The van der Waals surface area contributed by atoms with Crippen molar-refractivity contribution in [2.45, 2.75) is 34.1 Å². The van der Waals surface area contributed by atoms with Gasteiger partial charge in [0.1, 0.15) is 0 Å². The van der Waals surface area contributed by atoms with Crippen LogP contribution in [0.2, 0.25) is 0 Å². The number of rotatable bonds is 0. The number of hydrogen-bond donors (Lipinski definition) is 0. The fourth-order valence-electron chi connectivity index (χ4n) is 0. The molecule has 0 bridgehead atoms. The summed E-state index contributed by atoms with van der Waals surface area (Å²) < 4.78 is 0. The van der Waals surface area contributed by atoms with Crippen molar-refractivity contribution in [1.29, 1.82) is 0 Å². The van der Waals surface area contributed by atoms with Crippen LogP contribution in [0.3, 0.4) is 0 Å². The summed E-state index contributed by atoms with van der Waals surface area (Å²) in [5.41, 5.74) is 0. The lowest BCUT2D eigenvalue weighted by Crippen LogP contribution is -1.27. The number of allylic oxidation sites excluding steroid dienone is 2. The first-order valence-corrected chi connectivity index (χ1v) is 2.90. The highest BCUT2D eigenvalue weighted by Crippen LogP contribution is 1.57. The molecule has 0 nitrogen and oxygen atoms in total. The molecule has 0 radical (unpaired) electrons. The molecule has 0 N–H and O–H groups in total. The first-order chi connectivity index (χ1) is 3.33. The second-order valence-corrected chi connectivity index (χ2v) is 1.37. The van der Waals surface area contributed by atoms with E-state index in [1.165, 1.54) is 6.42 Å². The first-order valence-electron chi connectivity index (χ1n) is 2.90. The van der Waals surface area contributed by atoms with Gasteiger partial charge >= 0.3 is 0 Å². The minimum Gasteiger partial charge on any atom is -0.0919 e. The van der Waals surface area contributed by atoms with Gasteiger partial charge in [-0.25, -0.2) is 0 Å². The van der Waals surface area contributed by atoms with Crippen molar-refractivity contribution in [3.63, 3.8) is 0 Å². The van der Waals surface area contributed by atoms with E-state index in [4.69, 9.17) is 0 Å². The van der Waals surface area contributed by atoms with Crippen molar-refractivity contribution in [3.05, 3.63) is 12.2 Å². The van der Waals surface area contributed by atoms with Crippen LogP contribution in [0.25, 0.3) is 0 Å². The van der Waals surface area contributed by atoms with Crippen LogP contribution in [-0.4, -0.2) is 0 Å². The Labute approximate surface area is 47.2 Å². The fraction of sp³-hybridized carbons (Fsp3) is 0.714. The van der Waals surface area contributed by atoms with Crippen LogP contribution in [0, 0.1) is 0 Å². The summed E-state index contributed by atoms with van der Waals surface area (Å²) in [5.74, 6) is 0. The van der Waals surface area contributed by atoms with E-state index in [2.05, 4.69) is 13.8 Å². The third-order valence-electron chi connectivity index (χ3n) is 0.333. The van der Waals surface area contributed by atoms with E-state index >= 15 is 0 Å². The SMILES string of the molecule is CC=CC.CCC. The monoisotopic (exact) mass is 100 g/mol. The lowest BCUT2D eigenvalue weighted by atomic mass is 10.6. The summed E-state index contributed by atoms with van der Waals surface area (Å²) >= 11 is 0. The molecule has 0 aliphatic carbocycles. The largest absolute Gasteiger partial charge is 0.0919 e. The zero-order valence-electron chi connectivity index (χ0n) is 5.86. The minimum absolute atomic E-state index is 1.25. The Morgan fingerprint density at radius 1 is 1.00 bits per heavy atom. The average molecular weight is 100 g/mol. The van der Waals surface area contributed by atoms with Gasteiger partial charge in [0.15, 0.2) is 0 Å². The van der Waals surface area contributed by atoms with E-state index < -0.39 is 0 Å². The highest BCUT2D eigenvalue weighted by molar-refractivity contribution is 4.68. The maximum atomic E-state index is 2.12. The van der Waals surface area contributed by atoms with Crippen molar-refractivity contribution in [1.82, 2.24) is 0 Å². The van der Waals surface area contributed by atoms with Gasteiger partial charge < -0.3 is 0 Å². The minimum atomic E-state index is 1.25. The second-order valence-electron chi connectivity index (χ2n) is 1.37. The van der Waals surface area contributed by atoms with Gasteiger partial charge in [-0.3, -0.25) is 0 Å². The molecule has 0 atom stereocenters. The lowest BCUT2D eigenvalue weighted by Gasteiger charge is -1.49. The molecule has 0 spiro atoms. The molecule has 0 heterocycles. The molecule has 0 aromatic carbocycles. The molecule has 0 saturated heterocycles. The third kappa shape index (κ3) is 147. The first kappa shape index (κ1) is 9.88. The lowest BCUT2D eigenvalue weighted by molar-refractivity contribution is 1.09. The highest BCUT2D eigenvalue weighted by Gasteiger charge is 1.35. The molecule has 0 unspecified atom stereocenters. The normalized spacial score (nSPS) is 8.00. The van der Waals surface area contributed by atoms with Crippen molar-refractivity contribution in [2.75, 3.05) is 0 Å². The fourth-order valence-corrected chi connectivity index (χ4v) is 0. The number of hydrogen-bond acceptors (Lipinski definition) is 0. The molecule has 0 heteroatoms. The summed E-state index contributed by atoms with van der Waals surface area (Å²) in [6.45, 7) is 8.25. The van der Waals surface area contributed by atoms with Gasteiger partial charge in [0.25, 0.3) is 0 Å². The van der Waals surface area contributed by atoms with Crippen LogP contribution in [-0.2, 0) is 0 Å². The summed E-state index contributed by atoms with van der Waals surface area (Å²) in [6.07, 6.45) is 5.25. The van der Waals surface area contributed by atoms with Crippen molar-refractivity contribution >= 4 is 0 Å². The van der Waals surface area contributed by atoms with Crippen LogP contribution in [0.4, 0.5) is 0 Å². The molecule has 0 aliphatic heterocycles. The quantitative estimate of drug-likeness (QED) is 0.410. The van der Waals surface area contributed by atoms with Crippen molar-refractivity contribution in [3.8, 4) is 0 Å². The van der Waals surface area contributed by atoms with Gasteiger partial charge in [-0.1, -0.05) is 32.4 Å². The predicted molar refractivity (Wildman–Crippen MR) is 36.5 cm³/mol. The van der Waals surface area contributed by atoms with E-state index in [1.54, 1.807) is 0 Å². The topological polar surface area (TPSA) is 0 Å². The molecule has 0 fully saturated rings. The van der Waals surface area contributed by atoms with Gasteiger partial charge in [-0.05, 0) is 13.8 Å². The van der Waals surface area contributed by atoms with Crippen molar-refractivity contribution < 1.29 is 0 Å². The van der Waals surface area contributed by atoms with Crippen LogP contribution >= 0.6 is 0 Å². The summed E-state index contributed by atoms with van der Waals surface area (Å²) in [7, 11) is 0. The van der Waals surface area contributed by atoms with E-state index in [9.17, 15) is 0 Å². The highest BCUT2D eigenvalue weighted by atomic mass is 13.4. The molecular weight excluding hydrogens is 84.1 g/mol. The molecule has 0 aliphatic rings. The van der Waals surface area contributed by atoms with Crippen molar-refractivity contribution in [2.24, 2.45) is 0 Å². The smallest absolute Gasteiger partial charge is 0.0470 e. The van der Waals surface area contributed by atoms with Crippen LogP contribution in [0.1, 0.15) is 34.1 Å². The molecule has 44 valence electrons. The maximum Gasteiger partial charge on any atom is -0.0470 e. The predicted octanol–water partition coefficient (Wildman–Crippen LogP) is 3.00.